The Morgan fingerprint density at radius 3 is 2.50 bits per heavy atom. The van der Waals surface area contributed by atoms with Crippen LogP contribution in [-0.2, 0) is 0 Å². The van der Waals surface area contributed by atoms with Crippen LogP contribution in [0.4, 0.5) is 0 Å². The number of rotatable bonds is 1. The molecule has 2 aliphatic heterocycles. The predicted molar refractivity (Wildman–Crippen MR) is 67.6 cm³/mol. The van der Waals surface area contributed by atoms with E-state index in [2.05, 4.69) is 16.8 Å². The molecule has 1 aliphatic carbocycles. The molecule has 2 heteroatoms. The molecule has 2 heterocycles. The van der Waals surface area contributed by atoms with Crippen LogP contribution in [0.25, 0.3) is 0 Å². The molecular weight excluding hydrogens is 196 g/mol. The Bertz CT molecular complexity index is 235. The molecule has 0 bridgehead atoms. The van der Waals surface area contributed by atoms with Crippen LogP contribution in [0, 0.1) is 5.92 Å². The molecular formula is C14H26N2. The van der Waals surface area contributed by atoms with Crippen molar-refractivity contribution in [1.29, 1.82) is 0 Å². The molecule has 2 nitrogen and oxygen atoms in total. The zero-order valence-corrected chi connectivity index (χ0v) is 10.7. The highest BCUT2D eigenvalue weighted by Crippen LogP contribution is 2.37. The second-order valence-electron chi connectivity index (χ2n) is 6.16. The summed E-state index contributed by atoms with van der Waals surface area (Å²) in [5.41, 5.74) is 0. The lowest BCUT2D eigenvalue weighted by molar-refractivity contribution is 0.0831. The molecule has 92 valence electrons. The van der Waals surface area contributed by atoms with E-state index in [0.717, 1.165) is 18.0 Å². The van der Waals surface area contributed by atoms with Gasteiger partial charge in [-0.2, -0.15) is 0 Å². The third kappa shape index (κ3) is 2.02. The van der Waals surface area contributed by atoms with Gasteiger partial charge >= 0.3 is 0 Å². The Kier molecular flexibility index (Phi) is 3.21. The molecule has 0 radical (unpaired) electrons. The topological polar surface area (TPSA) is 6.48 Å². The van der Waals surface area contributed by atoms with Crippen molar-refractivity contribution < 1.29 is 0 Å². The number of nitrogens with zero attached hydrogens (tertiary/aromatic N) is 2. The van der Waals surface area contributed by atoms with Crippen LogP contribution in [0.2, 0.25) is 0 Å². The second-order valence-corrected chi connectivity index (χ2v) is 6.16. The minimum absolute atomic E-state index is 0.917. The summed E-state index contributed by atoms with van der Waals surface area (Å²) < 4.78 is 0. The van der Waals surface area contributed by atoms with Gasteiger partial charge in [0.15, 0.2) is 0 Å². The first-order valence-electron chi connectivity index (χ1n) is 7.29. The van der Waals surface area contributed by atoms with E-state index >= 15 is 0 Å². The number of fused-ring (bicyclic) bond motifs is 1. The molecule has 0 spiro atoms. The first kappa shape index (κ1) is 11.0. The van der Waals surface area contributed by atoms with Crippen LogP contribution in [0.15, 0.2) is 0 Å². The third-order valence-electron chi connectivity index (χ3n) is 5.25. The highest BCUT2D eigenvalue weighted by molar-refractivity contribution is 4.94. The van der Waals surface area contributed by atoms with Gasteiger partial charge in [-0.25, -0.2) is 0 Å². The van der Waals surface area contributed by atoms with E-state index in [1.54, 1.807) is 0 Å². The smallest absolute Gasteiger partial charge is 0.0136 e. The van der Waals surface area contributed by atoms with Crippen LogP contribution in [0.3, 0.4) is 0 Å². The van der Waals surface area contributed by atoms with Crippen molar-refractivity contribution in [3.63, 3.8) is 0 Å². The standard InChI is InChI=1S/C14H26N2/c1-15-10-7-12-5-6-13(11-14(12)15)16-8-3-2-4-9-16/h12-14H,2-11H2,1H3. The molecule has 0 N–H and O–H groups in total. The van der Waals surface area contributed by atoms with Gasteiger partial charge in [0.05, 0.1) is 0 Å². The lowest BCUT2D eigenvalue weighted by Gasteiger charge is -2.42. The highest BCUT2D eigenvalue weighted by Gasteiger charge is 2.38. The Morgan fingerprint density at radius 1 is 0.875 bits per heavy atom. The van der Waals surface area contributed by atoms with Gasteiger partial charge in [-0.3, -0.25) is 0 Å². The van der Waals surface area contributed by atoms with E-state index in [4.69, 9.17) is 0 Å². The largest absolute Gasteiger partial charge is 0.303 e. The van der Waals surface area contributed by atoms with E-state index in [1.165, 1.54) is 64.6 Å². The third-order valence-corrected chi connectivity index (χ3v) is 5.25. The van der Waals surface area contributed by atoms with E-state index in [9.17, 15) is 0 Å². The fraction of sp³-hybridized carbons (Fsp3) is 1.00. The maximum Gasteiger partial charge on any atom is 0.0136 e. The number of piperidine rings is 1. The van der Waals surface area contributed by atoms with Gasteiger partial charge in [0.1, 0.15) is 0 Å². The molecule has 0 aromatic heterocycles. The molecule has 3 atom stereocenters. The van der Waals surface area contributed by atoms with Gasteiger partial charge < -0.3 is 9.80 Å². The van der Waals surface area contributed by atoms with Crippen LogP contribution in [-0.4, -0.2) is 48.6 Å². The van der Waals surface area contributed by atoms with Crippen LogP contribution >= 0.6 is 0 Å². The molecule has 0 aromatic carbocycles. The first-order valence-corrected chi connectivity index (χ1v) is 7.29. The molecule has 2 saturated heterocycles. The minimum atomic E-state index is 0.917. The van der Waals surface area contributed by atoms with Crippen molar-refractivity contribution in [3.8, 4) is 0 Å². The first-order chi connectivity index (χ1) is 7.84. The molecule has 3 unspecified atom stereocenters. The van der Waals surface area contributed by atoms with Gasteiger partial charge in [-0.05, 0) is 71.1 Å². The Labute approximate surface area is 100.0 Å². The van der Waals surface area contributed by atoms with Gasteiger partial charge in [-0.1, -0.05) is 6.42 Å². The molecule has 0 amide bonds. The summed E-state index contributed by atoms with van der Waals surface area (Å²) in [5.74, 6) is 1.03. The second kappa shape index (κ2) is 4.66. The summed E-state index contributed by atoms with van der Waals surface area (Å²) in [7, 11) is 2.34. The summed E-state index contributed by atoms with van der Waals surface area (Å²) in [6.07, 6.45) is 10.3. The zero-order chi connectivity index (χ0) is 11.0. The molecule has 16 heavy (non-hydrogen) atoms. The summed E-state index contributed by atoms with van der Waals surface area (Å²) in [6.45, 7) is 4.11. The number of likely N-dealkylation sites (tertiary alicyclic amines) is 2. The summed E-state index contributed by atoms with van der Waals surface area (Å²) in [6, 6.07) is 1.84. The van der Waals surface area contributed by atoms with E-state index in [1.807, 2.05) is 0 Å². The van der Waals surface area contributed by atoms with Crippen molar-refractivity contribution in [2.75, 3.05) is 26.7 Å². The van der Waals surface area contributed by atoms with Gasteiger partial charge in [0.25, 0.3) is 0 Å². The summed E-state index contributed by atoms with van der Waals surface area (Å²) >= 11 is 0. The average molecular weight is 222 g/mol. The highest BCUT2D eigenvalue weighted by atomic mass is 15.2. The van der Waals surface area contributed by atoms with Crippen LogP contribution in [0.5, 0.6) is 0 Å². The number of hydrogen-bond donors (Lipinski definition) is 0. The van der Waals surface area contributed by atoms with Crippen molar-refractivity contribution in [1.82, 2.24) is 9.80 Å². The van der Waals surface area contributed by atoms with Gasteiger partial charge in [0, 0.05) is 12.1 Å². The van der Waals surface area contributed by atoms with Crippen molar-refractivity contribution >= 4 is 0 Å². The summed E-state index contributed by atoms with van der Waals surface area (Å²) in [4.78, 5) is 5.42. The van der Waals surface area contributed by atoms with Gasteiger partial charge in [0.2, 0.25) is 0 Å². The average Bonchev–Trinajstić information content (AvgIpc) is 2.72. The van der Waals surface area contributed by atoms with Crippen LogP contribution in [0.1, 0.15) is 44.9 Å². The number of hydrogen-bond acceptors (Lipinski definition) is 2. The lowest BCUT2D eigenvalue weighted by Crippen LogP contribution is -2.46. The Hall–Kier alpha value is -0.0800. The Morgan fingerprint density at radius 2 is 1.69 bits per heavy atom. The fourth-order valence-electron chi connectivity index (χ4n) is 4.21. The SMILES string of the molecule is CN1CCC2CCC(N3CCCCC3)CC21. The molecule has 1 saturated carbocycles. The maximum atomic E-state index is 2.80. The predicted octanol–water partition coefficient (Wildman–Crippen LogP) is 2.35. The summed E-state index contributed by atoms with van der Waals surface area (Å²) in [5, 5.41) is 0. The van der Waals surface area contributed by atoms with Crippen molar-refractivity contribution in [3.05, 3.63) is 0 Å². The minimum Gasteiger partial charge on any atom is -0.303 e. The zero-order valence-electron chi connectivity index (χ0n) is 10.7. The molecule has 3 fully saturated rings. The molecule has 0 aromatic rings. The monoisotopic (exact) mass is 222 g/mol. The van der Waals surface area contributed by atoms with E-state index < -0.39 is 0 Å². The fourth-order valence-corrected chi connectivity index (χ4v) is 4.21. The normalized spacial score (nSPS) is 42.2. The quantitative estimate of drug-likeness (QED) is 0.672. The molecule has 3 aliphatic rings. The Balaban J connectivity index is 1.61. The maximum absolute atomic E-state index is 2.80. The van der Waals surface area contributed by atoms with Crippen LogP contribution < -0.4 is 0 Å². The van der Waals surface area contributed by atoms with Crippen molar-refractivity contribution in [2.45, 2.75) is 57.0 Å². The van der Waals surface area contributed by atoms with Crippen molar-refractivity contribution in [2.24, 2.45) is 5.92 Å². The lowest BCUT2D eigenvalue weighted by atomic mass is 9.81. The van der Waals surface area contributed by atoms with E-state index in [0.29, 0.717) is 0 Å². The van der Waals surface area contributed by atoms with E-state index in [-0.39, 0.29) is 0 Å². The van der Waals surface area contributed by atoms with Gasteiger partial charge in [-0.15, -0.1) is 0 Å². The molecule has 3 rings (SSSR count).